The van der Waals surface area contributed by atoms with Gasteiger partial charge in [-0.25, -0.2) is 4.83 Å². The van der Waals surface area contributed by atoms with E-state index in [1.807, 2.05) is 19.1 Å². The van der Waals surface area contributed by atoms with Crippen LogP contribution in [0.5, 0.6) is 0 Å². The summed E-state index contributed by atoms with van der Waals surface area (Å²) in [5.41, 5.74) is 3.92. The fraction of sp³-hybridized carbons (Fsp3) is 0.750. The van der Waals surface area contributed by atoms with Gasteiger partial charge in [-0.3, -0.25) is 0 Å². The van der Waals surface area contributed by atoms with Crippen LogP contribution in [0.1, 0.15) is 118 Å². The second-order valence-electron chi connectivity index (χ2n) is 15.8. The average Bonchev–Trinajstić information content (AvgIpc) is 3.25. The minimum Gasteiger partial charge on any atom is -0.200 e. The molecule has 0 heterocycles. The third-order valence-corrected chi connectivity index (χ3v) is 13.8. The lowest BCUT2D eigenvalue weighted by atomic mass is 9.44. The first-order valence-electron chi connectivity index (χ1n) is 16.6. The van der Waals surface area contributed by atoms with Crippen molar-refractivity contribution in [3.63, 3.8) is 0 Å². The van der Waals surface area contributed by atoms with Crippen molar-refractivity contribution in [2.24, 2.45) is 56.9 Å². The molecule has 4 nitrogen and oxygen atoms in total. The highest BCUT2D eigenvalue weighted by molar-refractivity contribution is 7.89. The van der Waals surface area contributed by atoms with E-state index >= 15 is 0 Å². The van der Waals surface area contributed by atoms with Gasteiger partial charge in [-0.15, -0.1) is 0 Å². The zero-order chi connectivity index (χ0) is 29.8. The number of rotatable bonds is 8. The summed E-state index contributed by atoms with van der Waals surface area (Å²) in [6, 6.07) is 6.97. The Bertz CT molecular complexity index is 1280. The fourth-order valence-corrected chi connectivity index (χ4v) is 11.2. The van der Waals surface area contributed by atoms with Crippen molar-refractivity contribution < 1.29 is 8.42 Å². The molecule has 0 bridgehead atoms. The van der Waals surface area contributed by atoms with Crippen LogP contribution in [0.25, 0.3) is 0 Å². The van der Waals surface area contributed by atoms with Gasteiger partial charge in [0.05, 0.1) is 4.90 Å². The van der Waals surface area contributed by atoms with Crippen LogP contribution in [-0.4, -0.2) is 14.1 Å². The van der Waals surface area contributed by atoms with Crippen LogP contribution < -0.4 is 4.83 Å². The number of hydrogen-bond acceptors (Lipinski definition) is 3. The Morgan fingerprint density at radius 3 is 2.34 bits per heavy atom. The number of nitrogens with zero attached hydrogens (tertiary/aromatic N) is 1. The van der Waals surface area contributed by atoms with E-state index in [4.69, 9.17) is 0 Å². The quantitative estimate of drug-likeness (QED) is 0.246. The van der Waals surface area contributed by atoms with Crippen LogP contribution in [-0.2, 0) is 10.0 Å². The van der Waals surface area contributed by atoms with Crippen molar-refractivity contribution >= 4 is 15.7 Å². The Kier molecular flexibility index (Phi) is 8.38. The van der Waals surface area contributed by atoms with Crippen LogP contribution >= 0.6 is 0 Å². The predicted molar refractivity (Wildman–Crippen MR) is 171 cm³/mol. The SMILES string of the molecule is Cc1ccc(S(=O)(=O)NN=C2CCC3(C)C(=CCC4C3CCC3(C)C(C(C)CCCC(C)C)CCC43)C2(C)C)cc1. The van der Waals surface area contributed by atoms with Gasteiger partial charge < -0.3 is 0 Å². The third kappa shape index (κ3) is 5.47. The maximum atomic E-state index is 13.0. The molecule has 0 amide bonds. The number of allylic oxidation sites excluding steroid dienone is 2. The molecule has 3 fully saturated rings. The normalized spacial score (nSPS) is 36.3. The van der Waals surface area contributed by atoms with Gasteiger partial charge in [0.1, 0.15) is 0 Å². The second-order valence-corrected chi connectivity index (χ2v) is 17.4. The number of fused-ring (bicyclic) bond motifs is 5. The van der Waals surface area contributed by atoms with Crippen molar-refractivity contribution in [1.29, 1.82) is 0 Å². The van der Waals surface area contributed by atoms with Crippen molar-refractivity contribution in [3.05, 3.63) is 41.5 Å². The van der Waals surface area contributed by atoms with Gasteiger partial charge in [0.15, 0.2) is 0 Å². The molecule has 7 unspecified atom stereocenters. The first-order chi connectivity index (χ1) is 19.2. The molecule has 1 N–H and O–H groups in total. The third-order valence-electron chi connectivity index (χ3n) is 12.6. The summed E-state index contributed by atoms with van der Waals surface area (Å²) in [5.74, 6) is 4.87. The summed E-state index contributed by atoms with van der Waals surface area (Å²) < 4.78 is 26.0. The lowest BCUT2D eigenvalue weighted by molar-refractivity contribution is -0.0510. The van der Waals surface area contributed by atoms with Crippen LogP contribution in [0.4, 0.5) is 0 Å². The van der Waals surface area contributed by atoms with Gasteiger partial charge in [-0.05, 0) is 110 Å². The van der Waals surface area contributed by atoms with Crippen LogP contribution in [0, 0.1) is 58.7 Å². The van der Waals surface area contributed by atoms with Crippen LogP contribution in [0.3, 0.4) is 0 Å². The highest BCUT2D eigenvalue weighted by Crippen LogP contribution is 2.68. The first kappa shape index (κ1) is 30.8. The molecule has 3 saturated carbocycles. The highest BCUT2D eigenvalue weighted by atomic mass is 32.2. The molecule has 0 saturated heterocycles. The molecule has 5 rings (SSSR count). The molecule has 0 spiro atoms. The van der Waals surface area contributed by atoms with E-state index < -0.39 is 10.0 Å². The molecule has 4 aliphatic rings. The molecule has 228 valence electrons. The number of hydrazone groups is 1. The summed E-state index contributed by atoms with van der Waals surface area (Å²) in [4.78, 5) is 2.85. The molecule has 1 aromatic rings. The molecule has 5 heteroatoms. The Balaban J connectivity index is 1.34. The zero-order valence-corrected chi connectivity index (χ0v) is 27.9. The van der Waals surface area contributed by atoms with E-state index in [9.17, 15) is 8.42 Å². The minimum atomic E-state index is -3.69. The number of sulfonamides is 1. The van der Waals surface area contributed by atoms with E-state index in [1.165, 1.54) is 56.9 Å². The summed E-state index contributed by atoms with van der Waals surface area (Å²) in [6.45, 7) is 19.0. The maximum absolute atomic E-state index is 13.0. The summed E-state index contributed by atoms with van der Waals surface area (Å²) >= 11 is 0. The number of benzene rings is 1. The van der Waals surface area contributed by atoms with Crippen molar-refractivity contribution in [3.8, 4) is 0 Å². The summed E-state index contributed by atoms with van der Waals surface area (Å²) in [7, 11) is -3.69. The number of nitrogens with one attached hydrogen (secondary N) is 1. The summed E-state index contributed by atoms with van der Waals surface area (Å²) in [5, 5.41) is 4.60. The first-order valence-corrected chi connectivity index (χ1v) is 18.0. The van der Waals surface area contributed by atoms with Gasteiger partial charge in [0.25, 0.3) is 10.0 Å². The lowest BCUT2D eigenvalue weighted by Crippen LogP contribution is -2.54. The Labute approximate surface area is 251 Å². The molecule has 7 atom stereocenters. The fourth-order valence-electron chi connectivity index (χ4n) is 10.3. The lowest BCUT2D eigenvalue weighted by Gasteiger charge is -2.60. The van der Waals surface area contributed by atoms with Gasteiger partial charge in [0.2, 0.25) is 0 Å². The topological polar surface area (TPSA) is 58.5 Å². The number of aryl methyl sites for hydroxylation is 1. The van der Waals surface area contributed by atoms with E-state index in [-0.39, 0.29) is 15.7 Å². The van der Waals surface area contributed by atoms with Crippen molar-refractivity contribution in [2.75, 3.05) is 0 Å². The Hall–Kier alpha value is -1.62. The van der Waals surface area contributed by atoms with E-state index in [2.05, 4.69) is 64.5 Å². The molecule has 0 aromatic heterocycles. The Morgan fingerprint density at radius 1 is 0.951 bits per heavy atom. The van der Waals surface area contributed by atoms with Gasteiger partial charge >= 0.3 is 0 Å². The monoisotopic (exact) mass is 580 g/mol. The second kappa shape index (κ2) is 11.1. The molecule has 1 aromatic carbocycles. The number of hydrogen-bond donors (Lipinski definition) is 1. The van der Waals surface area contributed by atoms with E-state index in [1.54, 1.807) is 12.1 Å². The maximum Gasteiger partial charge on any atom is 0.276 e. The molecule has 0 radical (unpaired) electrons. The van der Waals surface area contributed by atoms with Gasteiger partial charge in [-0.2, -0.15) is 13.5 Å². The molecule has 41 heavy (non-hydrogen) atoms. The Morgan fingerprint density at radius 2 is 1.66 bits per heavy atom. The van der Waals surface area contributed by atoms with E-state index in [0.29, 0.717) is 5.41 Å². The summed E-state index contributed by atoms with van der Waals surface area (Å²) in [6.07, 6.45) is 15.3. The molecular formula is C36H56N2O2S. The predicted octanol–water partition coefficient (Wildman–Crippen LogP) is 9.31. The largest absolute Gasteiger partial charge is 0.276 e. The molecule has 4 aliphatic carbocycles. The van der Waals surface area contributed by atoms with Gasteiger partial charge in [0, 0.05) is 11.1 Å². The van der Waals surface area contributed by atoms with E-state index in [0.717, 1.165) is 59.6 Å². The smallest absolute Gasteiger partial charge is 0.200 e. The standard InChI is InChI=1S/C36H56N2O2S/c1-24(2)10-9-11-26(4)29-17-18-30-28-16-19-32-34(5,6)33(21-23-36(32,8)31(28)20-22-35(29,30)7)37-38-41(39,40)27-14-12-25(3)13-15-27/h12-15,19,24,26,28-31,38H,9-11,16-18,20-23H2,1-8H3. The van der Waals surface area contributed by atoms with Crippen molar-refractivity contribution in [2.45, 2.75) is 124 Å². The van der Waals surface area contributed by atoms with Gasteiger partial charge in [-0.1, -0.05) is 97.1 Å². The highest BCUT2D eigenvalue weighted by Gasteiger charge is 2.60. The minimum absolute atomic E-state index is 0.170. The molecular weight excluding hydrogens is 524 g/mol. The van der Waals surface area contributed by atoms with Crippen LogP contribution in [0.2, 0.25) is 0 Å². The zero-order valence-electron chi connectivity index (χ0n) is 27.1. The van der Waals surface area contributed by atoms with Crippen LogP contribution in [0.15, 0.2) is 45.9 Å². The van der Waals surface area contributed by atoms with Crippen molar-refractivity contribution in [1.82, 2.24) is 4.83 Å². The molecule has 0 aliphatic heterocycles. The average molecular weight is 581 g/mol.